The van der Waals surface area contributed by atoms with E-state index in [4.69, 9.17) is 11.6 Å². The van der Waals surface area contributed by atoms with Gasteiger partial charge in [-0.3, -0.25) is 9.59 Å². The van der Waals surface area contributed by atoms with Gasteiger partial charge in [-0.25, -0.2) is 0 Å². The number of esters is 1. The Bertz CT molecular complexity index is 413. The van der Waals surface area contributed by atoms with E-state index in [0.29, 0.717) is 10.6 Å². The SMILES string of the molecule is COC(=O)CCC(=O)c1cccc(Cl)c1C. The van der Waals surface area contributed by atoms with Crippen LogP contribution in [0.2, 0.25) is 5.02 Å². The number of ether oxygens (including phenoxy) is 1. The van der Waals surface area contributed by atoms with Crippen molar-refractivity contribution in [2.24, 2.45) is 0 Å². The molecule has 0 aromatic heterocycles. The van der Waals surface area contributed by atoms with Crippen molar-refractivity contribution in [2.75, 3.05) is 7.11 Å². The number of hydrogen-bond donors (Lipinski definition) is 0. The van der Waals surface area contributed by atoms with E-state index in [1.54, 1.807) is 25.1 Å². The van der Waals surface area contributed by atoms with Gasteiger partial charge < -0.3 is 4.74 Å². The van der Waals surface area contributed by atoms with Crippen LogP contribution in [0.25, 0.3) is 0 Å². The Kier molecular flexibility index (Phi) is 4.50. The van der Waals surface area contributed by atoms with Crippen LogP contribution in [0.4, 0.5) is 0 Å². The van der Waals surface area contributed by atoms with Crippen molar-refractivity contribution < 1.29 is 14.3 Å². The number of Topliss-reactive ketones (excluding diaryl/α,β-unsaturated/α-hetero) is 1. The van der Waals surface area contributed by atoms with Crippen LogP contribution in [-0.4, -0.2) is 18.9 Å². The molecule has 0 radical (unpaired) electrons. The predicted octanol–water partition coefficient (Wildman–Crippen LogP) is 2.78. The number of methoxy groups -OCH3 is 1. The molecule has 0 aliphatic carbocycles. The second-order valence-electron chi connectivity index (χ2n) is 3.41. The largest absolute Gasteiger partial charge is 0.469 e. The number of carbonyl (C=O) groups excluding carboxylic acids is 2. The third-order valence-corrected chi connectivity index (χ3v) is 2.76. The second kappa shape index (κ2) is 5.66. The van der Waals surface area contributed by atoms with Gasteiger partial charge in [-0.1, -0.05) is 23.7 Å². The van der Waals surface area contributed by atoms with E-state index in [0.717, 1.165) is 5.56 Å². The first kappa shape index (κ1) is 12.7. The fourth-order valence-electron chi connectivity index (χ4n) is 1.36. The summed E-state index contributed by atoms with van der Waals surface area (Å²) in [7, 11) is 1.30. The molecule has 4 heteroatoms. The first-order valence-electron chi connectivity index (χ1n) is 4.91. The van der Waals surface area contributed by atoms with Crippen molar-refractivity contribution in [1.29, 1.82) is 0 Å². The minimum absolute atomic E-state index is 0.0922. The normalized spacial score (nSPS) is 9.94. The van der Waals surface area contributed by atoms with E-state index in [1.807, 2.05) is 0 Å². The van der Waals surface area contributed by atoms with Gasteiger partial charge in [-0.15, -0.1) is 0 Å². The van der Waals surface area contributed by atoms with Crippen LogP contribution >= 0.6 is 11.6 Å². The summed E-state index contributed by atoms with van der Waals surface area (Å²) >= 11 is 5.90. The van der Waals surface area contributed by atoms with Crippen LogP contribution in [0.1, 0.15) is 28.8 Å². The van der Waals surface area contributed by atoms with Gasteiger partial charge in [-0.2, -0.15) is 0 Å². The van der Waals surface area contributed by atoms with Crippen molar-refractivity contribution in [3.63, 3.8) is 0 Å². The number of ketones is 1. The molecule has 86 valence electrons. The summed E-state index contributed by atoms with van der Waals surface area (Å²) in [6.07, 6.45) is 0.245. The summed E-state index contributed by atoms with van der Waals surface area (Å²) in [5.74, 6) is -0.474. The lowest BCUT2D eigenvalue weighted by atomic mass is 10.0. The van der Waals surface area contributed by atoms with E-state index in [2.05, 4.69) is 4.74 Å². The molecule has 0 saturated carbocycles. The van der Waals surface area contributed by atoms with Crippen LogP contribution in [0.3, 0.4) is 0 Å². The highest BCUT2D eigenvalue weighted by Gasteiger charge is 2.12. The smallest absolute Gasteiger partial charge is 0.305 e. The maximum Gasteiger partial charge on any atom is 0.305 e. The van der Waals surface area contributed by atoms with Gasteiger partial charge in [0.15, 0.2) is 5.78 Å². The maximum absolute atomic E-state index is 11.8. The number of halogens is 1. The molecule has 0 aliphatic heterocycles. The minimum Gasteiger partial charge on any atom is -0.469 e. The van der Waals surface area contributed by atoms with E-state index in [9.17, 15) is 9.59 Å². The summed E-state index contributed by atoms with van der Waals surface area (Å²) in [6.45, 7) is 1.79. The van der Waals surface area contributed by atoms with Crippen LogP contribution in [0.5, 0.6) is 0 Å². The van der Waals surface area contributed by atoms with Crippen LogP contribution in [-0.2, 0) is 9.53 Å². The molecule has 1 rings (SSSR count). The van der Waals surface area contributed by atoms with Crippen molar-refractivity contribution in [1.82, 2.24) is 0 Å². The number of benzene rings is 1. The Labute approximate surface area is 99.4 Å². The van der Waals surface area contributed by atoms with E-state index in [-0.39, 0.29) is 24.6 Å². The zero-order chi connectivity index (χ0) is 12.1. The molecular formula is C12H13ClO3. The molecule has 0 fully saturated rings. The summed E-state index contributed by atoms with van der Waals surface area (Å²) in [5, 5.41) is 0.559. The molecule has 0 spiro atoms. The van der Waals surface area contributed by atoms with Crippen molar-refractivity contribution >= 4 is 23.4 Å². The first-order valence-corrected chi connectivity index (χ1v) is 5.29. The number of carbonyl (C=O) groups is 2. The number of hydrogen-bond acceptors (Lipinski definition) is 3. The average molecular weight is 241 g/mol. The van der Waals surface area contributed by atoms with Crippen molar-refractivity contribution in [3.05, 3.63) is 34.3 Å². The quantitative estimate of drug-likeness (QED) is 0.600. The average Bonchev–Trinajstić information content (AvgIpc) is 2.29. The predicted molar refractivity (Wildman–Crippen MR) is 61.8 cm³/mol. The van der Waals surface area contributed by atoms with Gasteiger partial charge in [0.25, 0.3) is 0 Å². The molecule has 1 aromatic rings. The monoisotopic (exact) mass is 240 g/mol. The van der Waals surface area contributed by atoms with Gasteiger partial charge in [0.05, 0.1) is 13.5 Å². The molecule has 0 bridgehead atoms. The minimum atomic E-state index is -0.381. The molecule has 0 N–H and O–H groups in total. The standard InChI is InChI=1S/C12H13ClO3/c1-8-9(4-3-5-10(8)13)11(14)6-7-12(15)16-2/h3-5H,6-7H2,1-2H3. The fraction of sp³-hybridized carbons (Fsp3) is 0.333. The van der Waals surface area contributed by atoms with Gasteiger partial charge in [0.1, 0.15) is 0 Å². The third-order valence-electron chi connectivity index (χ3n) is 2.35. The zero-order valence-electron chi connectivity index (χ0n) is 9.25. The van der Waals surface area contributed by atoms with Crippen molar-refractivity contribution in [3.8, 4) is 0 Å². The summed E-state index contributed by atoms with van der Waals surface area (Å²) in [4.78, 5) is 22.7. The summed E-state index contributed by atoms with van der Waals surface area (Å²) < 4.78 is 4.47. The van der Waals surface area contributed by atoms with Gasteiger partial charge >= 0.3 is 5.97 Å². The van der Waals surface area contributed by atoms with Crippen LogP contribution in [0, 0.1) is 6.92 Å². The van der Waals surface area contributed by atoms with Crippen LogP contribution in [0.15, 0.2) is 18.2 Å². The molecule has 3 nitrogen and oxygen atoms in total. The third kappa shape index (κ3) is 3.07. The van der Waals surface area contributed by atoms with Gasteiger partial charge in [-0.05, 0) is 18.6 Å². The fourth-order valence-corrected chi connectivity index (χ4v) is 1.54. The number of rotatable bonds is 4. The Hall–Kier alpha value is -1.35. The van der Waals surface area contributed by atoms with E-state index in [1.165, 1.54) is 7.11 Å². The molecule has 0 amide bonds. The second-order valence-corrected chi connectivity index (χ2v) is 3.82. The zero-order valence-corrected chi connectivity index (χ0v) is 10.0. The highest BCUT2D eigenvalue weighted by Crippen LogP contribution is 2.20. The molecule has 0 aliphatic rings. The molecule has 0 atom stereocenters. The summed E-state index contributed by atoms with van der Waals surface area (Å²) in [5.41, 5.74) is 1.32. The Morgan fingerprint density at radius 1 is 1.31 bits per heavy atom. The topological polar surface area (TPSA) is 43.4 Å². The summed E-state index contributed by atoms with van der Waals surface area (Å²) in [6, 6.07) is 5.16. The first-order chi connectivity index (χ1) is 7.56. The molecule has 0 heterocycles. The Morgan fingerprint density at radius 3 is 2.62 bits per heavy atom. The Morgan fingerprint density at radius 2 is 2.00 bits per heavy atom. The maximum atomic E-state index is 11.8. The van der Waals surface area contributed by atoms with Crippen molar-refractivity contribution in [2.45, 2.75) is 19.8 Å². The molecule has 0 unspecified atom stereocenters. The highest BCUT2D eigenvalue weighted by atomic mass is 35.5. The Balaban J connectivity index is 2.74. The lowest BCUT2D eigenvalue weighted by molar-refractivity contribution is -0.140. The molecular weight excluding hydrogens is 228 g/mol. The molecule has 16 heavy (non-hydrogen) atoms. The van der Waals surface area contributed by atoms with Crippen LogP contribution < -0.4 is 0 Å². The molecule has 1 aromatic carbocycles. The molecule has 0 saturated heterocycles. The van der Waals surface area contributed by atoms with E-state index < -0.39 is 0 Å². The van der Waals surface area contributed by atoms with Gasteiger partial charge in [0, 0.05) is 17.0 Å². The van der Waals surface area contributed by atoms with E-state index >= 15 is 0 Å². The van der Waals surface area contributed by atoms with Gasteiger partial charge in [0.2, 0.25) is 0 Å². The lowest BCUT2D eigenvalue weighted by Crippen LogP contribution is -2.07. The lowest BCUT2D eigenvalue weighted by Gasteiger charge is -2.05. The highest BCUT2D eigenvalue weighted by molar-refractivity contribution is 6.31.